The molecule has 0 aromatic heterocycles. The Bertz CT molecular complexity index is 1170. The highest BCUT2D eigenvalue weighted by molar-refractivity contribution is 7.80. The summed E-state index contributed by atoms with van der Waals surface area (Å²) in [5, 5.41) is 2.60. The number of hydrogen-bond donors (Lipinski definition) is 1. The molecular formula is C24H18N2O4S. The van der Waals surface area contributed by atoms with Crippen LogP contribution in [-0.4, -0.2) is 24.0 Å². The number of thiocarbonyl (C=S) groups is 1. The predicted molar refractivity (Wildman–Crippen MR) is 122 cm³/mol. The van der Waals surface area contributed by atoms with Crippen molar-refractivity contribution in [1.82, 2.24) is 5.32 Å². The van der Waals surface area contributed by atoms with E-state index >= 15 is 0 Å². The fourth-order valence-corrected chi connectivity index (χ4v) is 3.36. The average molecular weight is 430 g/mol. The van der Waals surface area contributed by atoms with Crippen LogP contribution in [0.1, 0.15) is 5.56 Å². The highest BCUT2D eigenvalue weighted by Gasteiger charge is 2.34. The van der Waals surface area contributed by atoms with E-state index in [4.69, 9.17) is 21.7 Å². The molecule has 1 saturated heterocycles. The number of nitrogens with one attached hydrogen (secondary N) is 1. The van der Waals surface area contributed by atoms with Crippen LogP contribution >= 0.6 is 12.2 Å². The van der Waals surface area contributed by atoms with Crippen LogP contribution in [0, 0.1) is 0 Å². The molecule has 1 fully saturated rings. The van der Waals surface area contributed by atoms with Crippen molar-refractivity contribution in [3.05, 3.63) is 90.0 Å². The highest BCUT2D eigenvalue weighted by Crippen LogP contribution is 2.27. The third kappa shape index (κ3) is 4.46. The SMILES string of the molecule is COc1cccc(/C=C2\C(=O)NC(=S)N(c3ccc(Oc4ccccc4)cc3)C2=O)c1. The van der Waals surface area contributed by atoms with Gasteiger partial charge in [-0.3, -0.25) is 19.8 Å². The number of benzene rings is 3. The molecule has 1 N–H and O–H groups in total. The summed E-state index contributed by atoms with van der Waals surface area (Å²) < 4.78 is 11.0. The second kappa shape index (κ2) is 8.81. The van der Waals surface area contributed by atoms with Crippen LogP contribution in [-0.2, 0) is 9.59 Å². The van der Waals surface area contributed by atoms with Crippen molar-refractivity contribution >= 4 is 40.9 Å². The zero-order valence-electron chi connectivity index (χ0n) is 16.6. The van der Waals surface area contributed by atoms with Crippen molar-refractivity contribution in [3.8, 4) is 17.2 Å². The molecule has 31 heavy (non-hydrogen) atoms. The molecule has 0 spiro atoms. The summed E-state index contributed by atoms with van der Waals surface area (Å²) in [4.78, 5) is 26.9. The van der Waals surface area contributed by atoms with Crippen LogP contribution in [0.15, 0.2) is 84.4 Å². The highest BCUT2D eigenvalue weighted by atomic mass is 32.1. The second-order valence-electron chi connectivity index (χ2n) is 6.64. The number of amides is 2. The predicted octanol–water partition coefficient (Wildman–Crippen LogP) is 4.32. The van der Waals surface area contributed by atoms with Crippen molar-refractivity contribution in [3.63, 3.8) is 0 Å². The molecular weight excluding hydrogens is 412 g/mol. The lowest BCUT2D eigenvalue weighted by atomic mass is 10.1. The van der Waals surface area contributed by atoms with E-state index in [0.717, 1.165) is 0 Å². The molecule has 2 amide bonds. The zero-order valence-corrected chi connectivity index (χ0v) is 17.4. The minimum atomic E-state index is -0.543. The van der Waals surface area contributed by atoms with Gasteiger partial charge in [0.05, 0.1) is 12.8 Å². The number of carbonyl (C=O) groups excluding carboxylic acids is 2. The van der Waals surface area contributed by atoms with Gasteiger partial charge in [-0.05, 0) is 72.4 Å². The molecule has 6 nitrogen and oxygen atoms in total. The summed E-state index contributed by atoms with van der Waals surface area (Å²) >= 11 is 5.25. The lowest BCUT2D eigenvalue weighted by molar-refractivity contribution is -0.122. The molecule has 154 valence electrons. The van der Waals surface area contributed by atoms with E-state index in [0.29, 0.717) is 28.5 Å². The van der Waals surface area contributed by atoms with E-state index in [2.05, 4.69) is 5.32 Å². The number of nitrogens with zero attached hydrogens (tertiary/aromatic N) is 1. The first-order valence-corrected chi connectivity index (χ1v) is 9.84. The molecule has 4 rings (SSSR count). The van der Waals surface area contributed by atoms with Gasteiger partial charge < -0.3 is 9.47 Å². The fourth-order valence-electron chi connectivity index (χ4n) is 3.08. The number of methoxy groups -OCH3 is 1. The van der Waals surface area contributed by atoms with Gasteiger partial charge in [0.1, 0.15) is 22.8 Å². The molecule has 0 radical (unpaired) electrons. The van der Waals surface area contributed by atoms with Crippen LogP contribution in [0.25, 0.3) is 6.08 Å². The van der Waals surface area contributed by atoms with Gasteiger partial charge in [-0.25, -0.2) is 0 Å². The second-order valence-corrected chi connectivity index (χ2v) is 7.03. The Morgan fingerprint density at radius 3 is 2.26 bits per heavy atom. The molecule has 0 saturated carbocycles. The van der Waals surface area contributed by atoms with Crippen LogP contribution in [0.4, 0.5) is 5.69 Å². The maximum atomic E-state index is 13.1. The zero-order chi connectivity index (χ0) is 21.8. The quantitative estimate of drug-likeness (QED) is 0.371. The summed E-state index contributed by atoms with van der Waals surface area (Å²) in [7, 11) is 1.55. The van der Waals surface area contributed by atoms with Crippen LogP contribution in [0.3, 0.4) is 0 Å². The Kier molecular flexibility index (Phi) is 5.77. The first-order chi connectivity index (χ1) is 15.0. The lowest BCUT2D eigenvalue weighted by Crippen LogP contribution is -2.54. The van der Waals surface area contributed by atoms with Crippen LogP contribution < -0.4 is 19.7 Å². The number of para-hydroxylation sites is 1. The number of anilines is 1. The van der Waals surface area contributed by atoms with E-state index in [1.54, 1.807) is 55.6 Å². The minimum Gasteiger partial charge on any atom is -0.497 e. The van der Waals surface area contributed by atoms with E-state index in [1.807, 2.05) is 30.3 Å². The van der Waals surface area contributed by atoms with Crippen molar-refractivity contribution < 1.29 is 19.1 Å². The first-order valence-electron chi connectivity index (χ1n) is 9.43. The van der Waals surface area contributed by atoms with Gasteiger partial charge in [-0.15, -0.1) is 0 Å². The Morgan fingerprint density at radius 1 is 0.871 bits per heavy atom. The summed E-state index contributed by atoms with van der Waals surface area (Å²) in [5.41, 5.74) is 1.16. The summed E-state index contributed by atoms with van der Waals surface area (Å²) in [6.07, 6.45) is 1.52. The molecule has 0 bridgehead atoms. The normalized spacial score (nSPS) is 15.1. The minimum absolute atomic E-state index is 0.0218. The van der Waals surface area contributed by atoms with Gasteiger partial charge in [0.25, 0.3) is 11.8 Å². The largest absolute Gasteiger partial charge is 0.497 e. The first kappa shape index (κ1) is 20.3. The van der Waals surface area contributed by atoms with Gasteiger partial charge in [0.2, 0.25) is 0 Å². The van der Waals surface area contributed by atoms with E-state index in [-0.39, 0.29) is 10.7 Å². The van der Waals surface area contributed by atoms with Crippen molar-refractivity contribution in [1.29, 1.82) is 0 Å². The van der Waals surface area contributed by atoms with E-state index < -0.39 is 11.8 Å². The maximum absolute atomic E-state index is 13.1. The monoisotopic (exact) mass is 430 g/mol. The topological polar surface area (TPSA) is 67.9 Å². The van der Waals surface area contributed by atoms with E-state index in [9.17, 15) is 9.59 Å². The lowest BCUT2D eigenvalue weighted by Gasteiger charge is -2.29. The summed E-state index contributed by atoms with van der Waals surface area (Å²) in [5.74, 6) is 0.892. The third-order valence-electron chi connectivity index (χ3n) is 4.58. The average Bonchev–Trinajstić information content (AvgIpc) is 2.78. The van der Waals surface area contributed by atoms with Gasteiger partial charge >= 0.3 is 0 Å². The Morgan fingerprint density at radius 2 is 1.55 bits per heavy atom. The summed E-state index contributed by atoms with van der Waals surface area (Å²) in [6, 6.07) is 23.3. The number of rotatable bonds is 5. The number of carbonyl (C=O) groups is 2. The van der Waals surface area contributed by atoms with Gasteiger partial charge in [-0.2, -0.15) is 0 Å². The van der Waals surface area contributed by atoms with Gasteiger partial charge in [-0.1, -0.05) is 30.3 Å². The Labute approximate surface area is 184 Å². The fraction of sp³-hybridized carbons (Fsp3) is 0.0417. The maximum Gasteiger partial charge on any atom is 0.270 e. The molecule has 1 aliphatic heterocycles. The smallest absolute Gasteiger partial charge is 0.270 e. The van der Waals surface area contributed by atoms with Crippen LogP contribution in [0.5, 0.6) is 17.2 Å². The van der Waals surface area contributed by atoms with Crippen molar-refractivity contribution in [2.75, 3.05) is 12.0 Å². The Hall–Kier alpha value is -3.97. The number of ether oxygens (including phenoxy) is 2. The standard InChI is InChI=1S/C24H18N2O4S/c1-29-20-9-5-6-16(14-20)15-21-22(27)25-24(31)26(23(21)28)17-10-12-19(13-11-17)30-18-7-3-2-4-8-18/h2-15H,1H3,(H,25,27,31)/b21-15+. The molecule has 3 aromatic rings. The summed E-state index contributed by atoms with van der Waals surface area (Å²) in [6.45, 7) is 0. The molecule has 0 atom stereocenters. The molecule has 0 unspecified atom stereocenters. The van der Waals surface area contributed by atoms with Gasteiger partial charge in [0.15, 0.2) is 5.11 Å². The third-order valence-corrected chi connectivity index (χ3v) is 4.86. The molecule has 0 aliphatic carbocycles. The molecule has 7 heteroatoms. The van der Waals surface area contributed by atoms with Crippen LogP contribution in [0.2, 0.25) is 0 Å². The molecule has 3 aromatic carbocycles. The molecule has 1 aliphatic rings. The number of hydrogen-bond acceptors (Lipinski definition) is 5. The van der Waals surface area contributed by atoms with E-state index in [1.165, 1.54) is 11.0 Å². The Balaban J connectivity index is 1.60. The van der Waals surface area contributed by atoms with Crippen molar-refractivity contribution in [2.45, 2.75) is 0 Å². The van der Waals surface area contributed by atoms with Crippen molar-refractivity contribution in [2.24, 2.45) is 0 Å². The van der Waals surface area contributed by atoms with Gasteiger partial charge in [0, 0.05) is 0 Å². The molecule has 1 heterocycles.